The molecular weight excluding hydrogens is 469 g/mol. The number of halogens is 2. The molecule has 1 aromatic heterocycles. The molecule has 0 saturated heterocycles. The number of para-hydroxylation sites is 1. The van der Waals surface area contributed by atoms with Crippen LogP contribution in [0.4, 0.5) is 10.1 Å². The SMILES string of the molecule is COc1ccc(S(=O)(=O)c2cnc(SCC(=O)Nc3ccccc3F)[nH]c2=O)cc1Cl. The van der Waals surface area contributed by atoms with Crippen LogP contribution in [0.1, 0.15) is 0 Å². The van der Waals surface area contributed by atoms with Crippen molar-refractivity contribution >= 4 is 44.8 Å². The highest BCUT2D eigenvalue weighted by atomic mass is 35.5. The minimum absolute atomic E-state index is 0.0224. The molecule has 12 heteroatoms. The topological polar surface area (TPSA) is 118 Å². The van der Waals surface area contributed by atoms with Gasteiger partial charge in [0.25, 0.3) is 5.56 Å². The summed E-state index contributed by atoms with van der Waals surface area (Å²) >= 11 is 6.83. The number of nitrogens with one attached hydrogen (secondary N) is 2. The summed E-state index contributed by atoms with van der Waals surface area (Å²) in [6, 6.07) is 9.47. The van der Waals surface area contributed by atoms with Crippen LogP contribution in [-0.2, 0) is 14.6 Å². The maximum absolute atomic E-state index is 13.6. The lowest BCUT2D eigenvalue weighted by Crippen LogP contribution is -2.20. The lowest BCUT2D eigenvalue weighted by atomic mass is 10.3. The lowest BCUT2D eigenvalue weighted by Gasteiger charge is -2.08. The summed E-state index contributed by atoms with van der Waals surface area (Å²) in [5.41, 5.74) is -0.881. The van der Waals surface area contributed by atoms with E-state index in [0.717, 1.165) is 18.0 Å². The van der Waals surface area contributed by atoms with Crippen molar-refractivity contribution in [1.29, 1.82) is 0 Å². The van der Waals surface area contributed by atoms with Gasteiger partial charge in [-0.15, -0.1) is 0 Å². The summed E-state index contributed by atoms with van der Waals surface area (Å²) in [6.45, 7) is 0. The smallest absolute Gasteiger partial charge is 0.270 e. The van der Waals surface area contributed by atoms with E-state index in [1.807, 2.05) is 0 Å². The standard InChI is InChI=1S/C19H15ClFN3O5S2/c1-29-15-7-6-11(8-12(15)20)31(27,28)16-9-22-19(24-18(16)26)30-10-17(25)23-14-5-3-2-4-13(14)21/h2-9H,10H2,1H3,(H,23,25)(H,22,24,26). The summed E-state index contributed by atoms with van der Waals surface area (Å²) in [5.74, 6) is -1.01. The van der Waals surface area contributed by atoms with Gasteiger partial charge in [0.05, 0.1) is 34.7 Å². The number of methoxy groups -OCH3 is 1. The molecular formula is C19H15ClFN3O5S2. The van der Waals surface area contributed by atoms with Gasteiger partial charge in [-0.3, -0.25) is 9.59 Å². The van der Waals surface area contributed by atoms with Gasteiger partial charge in [-0.1, -0.05) is 35.5 Å². The third kappa shape index (κ3) is 5.24. The summed E-state index contributed by atoms with van der Waals surface area (Å²) in [4.78, 5) is 29.8. The molecule has 3 rings (SSSR count). The molecule has 0 saturated carbocycles. The summed E-state index contributed by atoms with van der Waals surface area (Å²) in [5, 5.41) is 2.49. The first kappa shape index (κ1) is 22.8. The average molecular weight is 484 g/mol. The molecule has 0 unspecified atom stereocenters. The number of carbonyl (C=O) groups is 1. The van der Waals surface area contributed by atoms with Crippen LogP contribution in [-0.4, -0.2) is 37.2 Å². The normalized spacial score (nSPS) is 11.2. The van der Waals surface area contributed by atoms with Crippen molar-refractivity contribution in [3.05, 3.63) is 69.9 Å². The molecule has 0 aliphatic carbocycles. The number of aromatic amines is 1. The lowest BCUT2D eigenvalue weighted by molar-refractivity contribution is -0.113. The highest BCUT2D eigenvalue weighted by Gasteiger charge is 2.23. The quantitative estimate of drug-likeness (QED) is 0.391. The van der Waals surface area contributed by atoms with Crippen molar-refractivity contribution < 1.29 is 22.3 Å². The molecule has 0 aliphatic heterocycles. The molecule has 0 bridgehead atoms. The summed E-state index contributed by atoms with van der Waals surface area (Å²) in [6.07, 6.45) is 0.906. The van der Waals surface area contributed by atoms with E-state index in [-0.39, 0.29) is 32.3 Å². The number of thioether (sulfide) groups is 1. The van der Waals surface area contributed by atoms with Gasteiger partial charge >= 0.3 is 0 Å². The van der Waals surface area contributed by atoms with Gasteiger partial charge in [-0.25, -0.2) is 17.8 Å². The van der Waals surface area contributed by atoms with Crippen LogP contribution in [0.5, 0.6) is 5.75 Å². The zero-order chi connectivity index (χ0) is 22.6. The second-order valence-electron chi connectivity index (χ2n) is 6.00. The largest absolute Gasteiger partial charge is 0.495 e. The molecule has 162 valence electrons. The van der Waals surface area contributed by atoms with E-state index in [2.05, 4.69) is 15.3 Å². The Morgan fingerprint density at radius 3 is 2.68 bits per heavy atom. The molecule has 2 N–H and O–H groups in total. The molecule has 3 aromatic rings. The van der Waals surface area contributed by atoms with Gasteiger partial charge in [-0.05, 0) is 30.3 Å². The number of benzene rings is 2. The van der Waals surface area contributed by atoms with Crippen molar-refractivity contribution in [2.45, 2.75) is 14.9 Å². The maximum Gasteiger partial charge on any atom is 0.270 e. The highest BCUT2D eigenvalue weighted by molar-refractivity contribution is 7.99. The Kier molecular flexibility index (Phi) is 6.98. The van der Waals surface area contributed by atoms with E-state index in [1.165, 1.54) is 43.5 Å². The zero-order valence-corrected chi connectivity index (χ0v) is 18.3. The van der Waals surface area contributed by atoms with Crippen molar-refractivity contribution in [1.82, 2.24) is 9.97 Å². The Morgan fingerprint density at radius 1 is 1.29 bits per heavy atom. The number of aromatic nitrogens is 2. The number of ether oxygens (including phenoxy) is 1. The van der Waals surface area contributed by atoms with E-state index >= 15 is 0 Å². The van der Waals surface area contributed by atoms with E-state index in [1.54, 1.807) is 6.07 Å². The molecule has 31 heavy (non-hydrogen) atoms. The number of amides is 1. The molecule has 1 heterocycles. The van der Waals surface area contributed by atoms with Gasteiger partial charge < -0.3 is 15.0 Å². The van der Waals surface area contributed by atoms with Gasteiger partial charge in [-0.2, -0.15) is 0 Å². The molecule has 0 aliphatic rings. The first-order valence-electron chi connectivity index (χ1n) is 8.57. The zero-order valence-electron chi connectivity index (χ0n) is 15.9. The fourth-order valence-electron chi connectivity index (χ4n) is 2.46. The fraction of sp³-hybridized carbons (Fsp3) is 0.105. The molecule has 2 aromatic carbocycles. The predicted octanol–water partition coefficient (Wildman–Crippen LogP) is 3.13. The van der Waals surface area contributed by atoms with Crippen LogP contribution in [0.15, 0.2) is 68.4 Å². The predicted molar refractivity (Wildman–Crippen MR) is 114 cm³/mol. The third-order valence-corrected chi connectivity index (χ3v) is 6.88. The number of sulfone groups is 1. The minimum Gasteiger partial charge on any atom is -0.495 e. The Morgan fingerprint density at radius 2 is 2.03 bits per heavy atom. The van der Waals surface area contributed by atoms with Crippen molar-refractivity contribution in [3.63, 3.8) is 0 Å². The number of rotatable bonds is 7. The highest BCUT2D eigenvalue weighted by Crippen LogP contribution is 2.29. The van der Waals surface area contributed by atoms with E-state index < -0.39 is 32.0 Å². The maximum atomic E-state index is 13.6. The number of nitrogens with zero attached hydrogens (tertiary/aromatic N) is 1. The number of anilines is 1. The van der Waals surface area contributed by atoms with Gasteiger partial charge in [0.2, 0.25) is 15.7 Å². The van der Waals surface area contributed by atoms with Crippen molar-refractivity contribution in [2.75, 3.05) is 18.2 Å². The molecule has 0 atom stereocenters. The van der Waals surface area contributed by atoms with Crippen LogP contribution >= 0.6 is 23.4 Å². The van der Waals surface area contributed by atoms with Gasteiger partial charge in [0.1, 0.15) is 11.6 Å². The fourth-order valence-corrected chi connectivity index (χ4v) is 4.67. The Bertz CT molecular complexity index is 1300. The third-order valence-electron chi connectivity index (χ3n) is 3.95. The minimum atomic E-state index is -4.19. The van der Waals surface area contributed by atoms with E-state index in [4.69, 9.17) is 16.3 Å². The van der Waals surface area contributed by atoms with Crippen LogP contribution in [0, 0.1) is 5.82 Å². The van der Waals surface area contributed by atoms with Crippen LogP contribution < -0.4 is 15.6 Å². The van der Waals surface area contributed by atoms with E-state index in [0.29, 0.717) is 0 Å². The average Bonchev–Trinajstić information content (AvgIpc) is 2.73. The molecule has 0 fully saturated rings. The Hall–Kier alpha value is -2.89. The van der Waals surface area contributed by atoms with E-state index in [9.17, 15) is 22.4 Å². The summed E-state index contributed by atoms with van der Waals surface area (Å²) < 4.78 is 44.1. The first-order chi connectivity index (χ1) is 14.7. The van der Waals surface area contributed by atoms with Crippen LogP contribution in [0.25, 0.3) is 0 Å². The molecule has 0 radical (unpaired) electrons. The second kappa shape index (κ2) is 9.50. The van der Waals surface area contributed by atoms with Gasteiger partial charge in [0.15, 0.2) is 10.1 Å². The first-order valence-corrected chi connectivity index (χ1v) is 11.4. The number of carbonyl (C=O) groups excluding carboxylic acids is 1. The second-order valence-corrected chi connectivity index (χ2v) is 9.29. The summed E-state index contributed by atoms with van der Waals surface area (Å²) in [7, 11) is -2.80. The number of hydrogen-bond acceptors (Lipinski definition) is 7. The van der Waals surface area contributed by atoms with Crippen molar-refractivity contribution in [3.8, 4) is 5.75 Å². The molecule has 1 amide bonds. The molecule has 8 nitrogen and oxygen atoms in total. The van der Waals surface area contributed by atoms with Crippen LogP contribution in [0.3, 0.4) is 0 Å². The monoisotopic (exact) mass is 483 g/mol. The Balaban J connectivity index is 1.74. The number of H-pyrrole nitrogens is 1. The van der Waals surface area contributed by atoms with Crippen molar-refractivity contribution in [2.24, 2.45) is 0 Å². The Labute approximate surface area is 185 Å². The molecule has 0 spiro atoms. The van der Waals surface area contributed by atoms with Gasteiger partial charge in [0, 0.05) is 0 Å². The number of hydrogen-bond donors (Lipinski definition) is 2. The van der Waals surface area contributed by atoms with Crippen LogP contribution in [0.2, 0.25) is 5.02 Å².